The Morgan fingerprint density at radius 2 is 2.05 bits per heavy atom. The predicted molar refractivity (Wildman–Crippen MR) is 82.7 cm³/mol. The monoisotopic (exact) mass is 320 g/mol. The van der Waals surface area contributed by atoms with Crippen LogP contribution in [0.25, 0.3) is 0 Å². The van der Waals surface area contributed by atoms with Crippen LogP contribution < -0.4 is 4.74 Å². The number of halogens is 3. The largest absolute Gasteiger partial charge is 0.489 e. The van der Waals surface area contributed by atoms with Crippen molar-refractivity contribution in [3.63, 3.8) is 0 Å². The summed E-state index contributed by atoms with van der Waals surface area (Å²) in [4.78, 5) is 0. The molecule has 1 aromatic rings. The van der Waals surface area contributed by atoms with E-state index in [-0.39, 0.29) is 6.10 Å². The first kappa shape index (κ1) is 15.3. The maximum atomic E-state index is 6.23. The first-order chi connectivity index (χ1) is 9.13. The van der Waals surface area contributed by atoms with Gasteiger partial charge >= 0.3 is 0 Å². The summed E-state index contributed by atoms with van der Waals surface area (Å²) < 4.78 is 6.12. The molecule has 19 heavy (non-hydrogen) atoms. The minimum absolute atomic E-state index is 0.249. The summed E-state index contributed by atoms with van der Waals surface area (Å²) in [6.07, 6.45) is 6.21. The van der Waals surface area contributed by atoms with Crippen molar-refractivity contribution < 1.29 is 4.74 Å². The molecule has 0 radical (unpaired) electrons. The lowest BCUT2D eigenvalue weighted by Gasteiger charge is -2.30. The average Bonchev–Trinajstić information content (AvgIpc) is 2.41. The predicted octanol–water partition coefficient (Wildman–Crippen LogP) is 6.08. The molecule has 106 valence electrons. The second-order valence-electron chi connectivity index (χ2n) is 5.19. The summed E-state index contributed by atoms with van der Waals surface area (Å²) in [5.41, 5.74) is 0.873. The van der Waals surface area contributed by atoms with Crippen LogP contribution in [0.4, 0.5) is 0 Å². The highest BCUT2D eigenvalue weighted by atomic mass is 35.5. The van der Waals surface area contributed by atoms with E-state index in [9.17, 15) is 0 Å². The first-order valence-corrected chi connectivity index (χ1v) is 8.13. The summed E-state index contributed by atoms with van der Waals surface area (Å²) in [7, 11) is 0. The van der Waals surface area contributed by atoms with Gasteiger partial charge in [0, 0.05) is 10.6 Å². The molecule has 1 aromatic carbocycles. The van der Waals surface area contributed by atoms with Gasteiger partial charge in [-0.05, 0) is 37.3 Å². The van der Waals surface area contributed by atoms with Crippen LogP contribution in [0, 0.1) is 5.92 Å². The quantitative estimate of drug-likeness (QED) is 0.611. The number of alkyl halides is 1. The molecule has 0 bridgehead atoms. The molecule has 1 fully saturated rings. The van der Waals surface area contributed by atoms with Crippen molar-refractivity contribution in [2.45, 2.75) is 51.0 Å². The van der Waals surface area contributed by atoms with Crippen molar-refractivity contribution in [1.82, 2.24) is 0 Å². The van der Waals surface area contributed by atoms with Crippen LogP contribution in [0.2, 0.25) is 10.0 Å². The molecule has 2 rings (SSSR count). The molecule has 0 spiro atoms. The standard InChI is InChI=1S/C15H19Cl3O/c1-2-10-4-3-5-13(6-10)19-15-11(9-16)7-12(17)8-14(15)18/h7-8,10,13H,2-6,9H2,1H3. The smallest absolute Gasteiger partial charge is 0.142 e. The SMILES string of the molecule is CCC1CCCC(Oc2c(Cl)cc(Cl)cc2CCl)C1. The van der Waals surface area contributed by atoms with Gasteiger partial charge in [0.05, 0.1) is 17.0 Å². The lowest BCUT2D eigenvalue weighted by atomic mass is 9.85. The topological polar surface area (TPSA) is 9.23 Å². The van der Waals surface area contributed by atoms with Crippen molar-refractivity contribution in [1.29, 1.82) is 0 Å². The molecule has 1 saturated carbocycles. The Labute approximate surface area is 130 Å². The highest BCUT2D eigenvalue weighted by Crippen LogP contribution is 2.37. The fourth-order valence-corrected chi connectivity index (χ4v) is 3.51. The van der Waals surface area contributed by atoms with Crippen molar-refractivity contribution in [3.8, 4) is 5.75 Å². The minimum Gasteiger partial charge on any atom is -0.489 e. The van der Waals surface area contributed by atoms with Gasteiger partial charge in [-0.15, -0.1) is 11.6 Å². The van der Waals surface area contributed by atoms with Crippen molar-refractivity contribution in [2.75, 3.05) is 0 Å². The van der Waals surface area contributed by atoms with Gasteiger partial charge in [-0.2, -0.15) is 0 Å². The molecule has 2 atom stereocenters. The molecule has 4 heteroatoms. The van der Waals surface area contributed by atoms with Crippen LogP contribution in [0.15, 0.2) is 12.1 Å². The summed E-state index contributed by atoms with van der Waals surface area (Å²) in [5, 5.41) is 1.16. The van der Waals surface area contributed by atoms with Crippen LogP contribution in [-0.4, -0.2) is 6.10 Å². The molecule has 0 N–H and O–H groups in total. The Morgan fingerprint density at radius 1 is 1.26 bits per heavy atom. The Morgan fingerprint density at radius 3 is 2.74 bits per heavy atom. The zero-order valence-electron chi connectivity index (χ0n) is 11.1. The van der Waals surface area contributed by atoms with Crippen LogP contribution in [0.5, 0.6) is 5.75 Å². The molecule has 2 unspecified atom stereocenters. The van der Waals surface area contributed by atoms with E-state index in [0.717, 1.165) is 24.3 Å². The van der Waals surface area contributed by atoms with E-state index >= 15 is 0 Å². The molecule has 0 heterocycles. The average molecular weight is 322 g/mol. The van der Waals surface area contributed by atoms with Gasteiger partial charge in [0.15, 0.2) is 0 Å². The van der Waals surface area contributed by atoms with Crippen LogP contribution >= 0.6 is 34.8 Å². The molecule has 0 aromatic heterocycles. The maximum absolute atomic E-state index is 6.23. The van der Waals surface area contributed by atoms with E-state index in [0.29, 0.717) is 21.7 Å². The Bertz CT molecular complexity index is 434. The van der Waals surface area contributed by atoms with Crippen molar-refractivity contribution in [3.05, 3.63) is 27.7 Å². The van der Waals surface area contributed by atoms with E-state index in [4.69, 9.17) is 39.5 Å². The van der Waals surface area contributed by atoms with Crippen LogP contribution in [0.3, 0.4) is 0 Å². The van der Waals surface area contributed by atoms with Gasteiger partial charge in [0.25, 0.3) is 0 Å². The Hall–Kier alpha value is -0.110. The van der Waals surface area contributed by atoms with Gasteiger partial charge in [-0.25, -0.2) is 0 Å². The van der Waals surface area contributed by atoms with E-state index in [2.05, 4.69) is 6.92 Å². The van der Waals surface area contributed by atoms with Crippen LogP contribution in [0.1, 0.15) is 44.6 Å². The molecule has 0 aliphatic heterocycles. The van der Waals surface area contributed by atoms with Gasteiger partial charge in [0.2, 0.25) is 0 Å². The van der Waals surface area contributed by atoms with E-state index in [1.54, 1.807) is 6.07 Å². The number of rotatable bonds is 4. The third kappa shape index (κ3) is 3.93. The molecular formula is C15H19Cl3O. The second kappa shape index (κ2) is 7.06. The van der Waals surface area contributed by atoms with E-state index in [1.165, 1.54) is 19.3 Å². The number of ether oxygens (including phenoxy) is 1. The van der Waals surface area contributed by atoms with Crippen molar-refractivity contribution >= 4 is 34.8 Å². The fourth-order valence-electron chi connectivity index (χ4n) is 2.73. The summed E-state index contributed by atoms with van der Waals surface area (Å²) in [6, 6.07) is 3.55. The van der Waals surface area contributed by atoms with Gasteiger partial charge in [-0.3, -0.25) is 0 Å². The number of hydrogen-bond acceptors (Lipinski definition) is 1. The van der Waals surface area contributed by atoms with Gasteiger partial charge in [-0.1, -0.05) is 43.0 Å². The number of benzene rings is 1. The molecule has 0 amide bonds. The Kier molecular flexibility index (Phi) is 5.68. The van der Waals surface area contributed by atoms with Gasteiger partial charge < -0.3 is 4.74 Å². The first-order valence-electron chi connectivity index (χ1n) is 6.84. The fraction of sp³-hybridized carbons (Fsp3) is 0.600. The zero-order valence-corrected chi connectivity index (χ0v) is 13.4. The highest BCUT2D eigenvalue weighted by molar-refractivity contribution is 6.36. The third-order valence-electron chi connectivity index (χ3n) is 3.83. The summed E-state index contributed by atoms with van der Waals surface area (Å²) in [5.74, 6) is 1.84. The summed E-state index contributed by atoms with van der Waals surface area (Å²) >= 11 is 18.2. The minimum atomic E-state index is 0.249. The lowest BCUT2D eigenvalue weighted by molar-refractivity contribution is 0.121. The maximum Gasteiger partial charge on any atom is 0.142 e. The van der Waals surface area contributed by atoms with Crippen LogP contribution in [-0.2, 0) is 5.88 Å². The zero-order chi connectivity index (χ0) is 13.8. The molecule has 0 saturated heterocycles. The van der Waals surface area contributed by atoms with Crippen molar-refractivity contribution in [2.24, 2.45) is 5.92 Å². The van der Waals surface area contributed by atoms with E-state index in [1.807, 2.05) is 6.07 Å². The Balaban J connectivity index is 2.14. The second-order valence-corrected chi connectivity index (χ2v) is 6.30. The summed E-state index contributed by atoms with van der Waals surface area (Å²) in [6.45, 7) is 2.24. The van der Waals surface area contributed by atoms with Gasteiger partial charge in [0.1, 0.15) is 5.75 Å². The number of hydrogen-bond donors (Lipinski definition) is 0. The third-order valence-corrected chi connectivity index (χ3v) is 4.61. The highest BCUT2D eigenvalue weighted by Gasteiger charge is 2.23. The normalized spacial score (nSPS) is 23.4. The molecule has 1 nitrogen and oxygen atoms in total. The molecule has 1 aliphatic rings. The van der Waals surface area contributed by atoms with E-state index < -0.39 is 0 Å². The lowest BCUT2D eigenvalue weighted by Crippen LogP contribution is -2.25. The molecule has 1 aliphatic carbocycles. The molecular weight excluding hydrogens is 303 g/mol.